The second kappa shape index (κ2) is 8.18. The van der Waals surface area contributed by atoms with Crippen molar-refractivity contribution in [3.8, 4) is 5.75 Å². The van der Waals surface area contributed by atoms with E-state index in [0.29, 0.717) is 29.3 Å². The largest absolute Gasteiger partial charge is 0.490 e. The zero-order chi connectivity index (χ0) is 21.4. The zero-order valence-electron chi connectivity index (χ0n) is 17.7. The Bertz CT molecular complexity index is 1170. The van der Waals surface area contributed by atoms with Crippen LogP contribution in [-0.2, 0) is 4.79 Å². The molecule has 2 aromatic heterocycles. The van der Waals surface area contributed by atoms with Crippen LogP contribution >= 0.6 is 11.8 Å². The molecule has 8 heteroatoms. The SMILES string of the molecule is CC[C@H](C)n1c(SCC(=O)N2CCOc3ccc(C)cc32)nc2cc(C)[nH]c2c1=O. The van der Waals surface area contributed by atoms with Crippen LogP contribution < -0.4 is 15.2 Å². The first-order chi connectivity index (χ1) is 14.4. The van der Waals surface area contributed by atoms with E-state index in [4.69, 9.17) is 9.72 Å². The second-order valence-electron chi connectivity index (χ2n) is 7.69. The van der Waals surface area contributed by atoms with E-state index in [-0.39, 0.29) is 23.3 Å². The standard InChI is InChI=1S/C22H26N4O3S/c1-5-15(4)26-21(28)20-16(11-14(3)23-20)24-22(26)30-12-19(27)25-8-9-29-18-7-6-13(2)10-17(18)25/h6-7,10-11,15,23H,5,8-9,12H2,1-4H3/t15-/m0/s1. The summed E-state index contributed by atoms with van der Waals surface area (Å²) in [5.41, 5.74) is 3.83. The molecule has 0 fully saturated rings. The highest BCUT2D eigenvalue weighted by atomic mass is 32.2. The van der Waals surface area contributed by atoms with Gasteiger partial charge in [-0.05, 0) is 51.0 Å². The minimum Gasteiger partial charge on any atom is -0.490 e. The first-order valence-electron chi connectivity index (χ1n) is 10.2. The zero-order valence-corrected chi connectivity index (χ0v) is 18.5. The average molecular weight is 427 g/mol. The van der Waals surface area contributed by atoms with E-state index >= 15 is 0 Å². The highest BCUT2D eigenvalue weighted by molar-refractivity contribution is 7.99. The summed E-state index contributed by atoms with van der Waals surface area (Å²) in [6.45, 7) is 8.91. The number of carbonyl (C=O) groups is 1. The van der Waals surface area contributed by atoms with Gasteiger partial charge in [0.05, 0.1) is 23.5 Å². The third kappa shape index (κ3) is 3.71. The fraction of sp³-hybridized carbons (Fsp3) is 0.409. The number of benzene rings is 1. The number of ether oxygens (including phenoxy) is 1. The molecule has 158 valence electrons. The number of fused-ring (bicyclic) bond motifs is 2. The lowest BCUT2D eigenvalue weighted by Crippen LogP contribution is -2.39. The number of aromatic nitrogens is 3. The number of anilines is 1. The molecule has 1 amide bonds. The lowest BCUT2D eigenvalue weighted by atomic mass is 10.1. The van der Waals surface area contributed by atoms with E-state index in [1.165, 1.54) is 11.8 Å². The molecule has 1 atom stereocenters. The van der Waals surface area contributed by atoms with Gasteiger partial charge >= 0.3 is 0 Å². The highest BCUT2D eigenvalue weighted by Gasteiger charge is 2.25. The summed E-state index contributed by atoms with van der Waals surface area (Å²) in [4.78, 5) is 35.7. The molecule has 7 nitrogen and oxygen atoms in total. The van der Waals surface area contributed by atoms with Crippen molar-refractivity contribution < 1.29 is 9.53 Å². The smallest absolute Gasteiger partial charge is 0.278 e. The number of hydrogen-bond donors (Lipinski definition) is 1. The molecular weight excluding hydrogens is 400 g/mol. The number of H-pyrrole nitrogens is 1. The predicted octanol–water partition coefficient (Wildman–Crippen LogP) is 3.83. The van der Waals surface area contributed by atoms with Crippen molar-refractivity contribution in [2.75, 3.05) is 23.8 Å². The number of rotatable bonds is 5. The summed E-state index contributed by atoms with van der Waals surface area (Å²) in [5, 5.41) is 0.576. The molecule has 1 aliphatic rings. The number of thioether (sulfide) groups is 1. The Morgan fingerprint density at radius 2 is 2.13 bits per heavy atom. The van der Waals surface area contributed by atoms with Gasteiger partial charge in [-0.2, -0.15) is 0 Å². The summed E-state index contributed by atoms with van der Waals surface area (Å²) < 4.78 is 7.39. The van der Waals surface area contributed by atoms with Crippen LogP contribution in [0, 0.1) is 13.8 Å². The Hall–Kier alpha value is -2.74. The van der Waals surface area contributed by atoms with Gasteiger partial charge in [-0.15, -0.1) is 0 Å². The molecule has 0 unspecified atom stereocenters. The maximum absolute atomic E-state index is 13.1. The number of nitrogens with one attached hydrogen (secondary N) is 1. The van der Waals surface area contributed by atoms with Gasteiger partial charge in [0, 0.05) is 11.7 Å². The van der Waals surface area contributed by atoms with E-state index in [9.17, 15) is 9.59 Å². The van der Waals surface area contributed by atoms with Crippen molar-refractivity contribution in [1.29, 1.82) is 0 Å². The molecule has 0 bridgehead atoms. The van der Waals surface area contributed by atoms with Crippen LogP contribution in [0.5, 0.6) is 5.75 Å². The Labute approximate surface area is 179 Å². The summed E-state index contributed by atoms with van der Waals surface area (Å²) in [6, 6.07) is 7.71. The molecule has 3 heterocycles. The summed E-state index contributed by atoms with van der Waals surface area (Å²) in [7, 11) is 0. The molecule has 3 aromatic rings. The Balaban J connectivity index is 1.63. The number of aromatic amines is 1. The van der Waals surface area contributed by atoms with Gasteiger partial charge in [0.15, 0.2) is 5.16 Å². The lowest BCUT2D eigenvalue weighted by Gasteiger charge is -2.30. The minimum absolute atomic E-state index is 0.0117. The number of nitrogens with zero attached hydrogens (tertiary/aromatic N) is 3. The summed E-state index contributed by atoms with van der Waals surface area (Å²) in [5.74, 6) is 0.903. The number of amides is 1. The van der Waals surface area contributed by atoms with Crippen LogP contribution in [-0.4, -0.2) is 39.3 Å². The minimum atomic E-state index is -0.0928. The number of hydrogen-bond acceptors (Lipinski definition) is 5. The quantitative estimate of drug-likeness (QED) is 0.495. The normalized spacial score (nSPS) is 14.5. The van der Waals surface area contributed by atoms with Crippen LogP contribution in [0.2, 0.25) is 0 Å². The van der Waals surface area contributed by atoms with Crippen LogP contribution in [0.1, 0.15) is 37.6 Å². The van der Waals surface area contributed by atoms with Crippen molar-refractivity contribution in [3.05, 3.63) is 45.9 Å². The molecule has 1 aromatic carbocycles. The third-order valence-corrected chi connectivity index (χ3v) is 6.36. The van der Waals surface area contributed by atoms with Gasteiger partial charge in [0.2, 0.25) is 5.91 Å². The molecule has 0 saturated carbocycles. The molecule has 4 rings (SSSR count). The first kappa shape index (κ1) is 20.5. The van der Waals surface area contributed by atoms with Gasteiger partial charge in [-0.1, -0.05) is 24.8 Å². The summed E-state index contributed by atoms with van der Waals surface area (Å²) in [6.07, 6.45) is 0.796. The van der Waals surface area contributed by atoms with Crippen molar-refractivity contribution >= 4 is 34.4 Å². The van der Waals surface area contributed by atoms with Crippen LogP contribution in [0.3, 0.4) is 0 Å². The molecule has 0 saturated heterocycles. The molecule has 0 spiro atoms. The van der Waals surface area contributed by atoms with E-state index in [1.807, 2.05) is 52.0 Å². The number of carbonyl (C=O) groups excluding carboxylic acids is 1. The van der Waals surface area contributed by atoms with Gasteiger partial charge in [-0.3, -0.25) is 14.2 Å². The van der Waals surface area contributed by atoms with Crippen LogP contribution in [0.15, 0.2) is 34.2 Å². The van der Waals surface area contributed by atoms with Crippen LogP contribution in [0.25, 0.3) is 11.0 Å². The molecular formula is C22H26N4O3S. The monoisotopic (exact) mass is 426 g/mol. The topological polar surface area (TPSA) is 80.2 Å². The van der Waals surface area contributed by atoms with E-state index in [2.05, 4.69) is 4.98 Å². The Kier molecular flexibility index (Phi) is 5.60. The maximum atomic E-state index is 13.1. The van der Waals surface area contributed by atoms with Crippen molar-refractivity contribution in [2.24, 2.45) is 0 Å². The molecule has 0 radical (unpaired) electrons. The first-order valence-corrected chi connectivity index (χ1v) is 11.2. The van der Waals surface area contributed by atoms with E-state index in [1.54, 1.807) is 9.47 Å². The van der Waals surface area contributed by atoms with E-state index < -0.39 is 0 Å². The summed E-state index contributed by atoms with van der Waals surface area (Å²) >= 11 is 1.32. The average Bonchev–Trinajstić information content (AvgIpc) is 3.11. The van der Waals surface area contributed by atoms with E-state index in [0.717, 1.165) is 29.1 Å². The van der Waals surface area contributed by atoms with Gasteiger partial charge < -0.3 is 14.6 Å². The van der Waals surface area contributed by atoms with Crippen LogP contribution in [0.4, 0.5) is 5.69 Å². The van der Waals surface area contributed by atoms with Gasteiger partial charge in [-0.25, -0.2) is 4.98 Å². The number of aryl methyl sites for hydroxylation is 2. The molecule has 30 heavy (non-hydrogen) atoms. The van der Waals surface area contributed by atoms with Crippen molar-refractivity contribution in [1.82, 2.24) is 14.5 Å². The Morgan fingerprint density at radius 3 is 2.90 bits per heavy atom. The Morgan fingerprint density at radius 1 is 1.33 bits per heavy atom. The predicted molar refractivity (Wildman–Crippen MR) is 120 cm³/mol. The van der Waals surface area contributed by atoms with Gasteiger partial charge in [0.25, 0.3) is 5.56 Å². The second-order valence-corrected chi connectivity index (χ2v) is 8.64. The van der Waals surface area contributed by atoms with Gasteiger partial charge in [0.1, 0.15) is 17.9 Å². The van der Waals surface area contributed by atoms with Crippen molar-refractivity contribution in [2.45, 2.75) is 45.3 Å². The lowest BCUT2D eigenvalue weighted by molar-refractivity contribution is -0.116. The fourth-order valence-electron chi connectivity index (χ4n) is 3.65. The molecule has 1 N–H and O–H groups in total. The van der Waals surface area contributed by atoms with Crippen molar-refractivity contribution in [3.63, 3.8) is 0 Å². The maximum Gasteiger partial charge on any atom is 0.278 e. The third-order valence-electron chi connectivity index (χ3n) is 5.42. The fourth-order valence-corrected chi connectivity index (χ4v) is 4.63. The molecule has 0 aliphatic carbocycles. The highest BCUT2D eigenvalue weighted by Crippen LogP contribution is 2.33. The molecule has 1 aliphatic heterocycles.